The van der Waals surface area contributed by atoms with E-state index < -0.39 is 0 Å². The van der Waals surface area contributed by atoms with E-state index in [1.54, 1.807) is 17.8 Å². The average Bonchev–Trinajstić information content (AvgIpc) is 3.88. The van der Waals surface area contributed by atoms with Crippen LogP contribution in [0.3, 0.4) is 0 Å². The van der Waals surface area contributed by atoms with Crippen LogP contribution in [0.15, 0.2) is 167 Å². The molecule has 10 rings (SSSR count). The first-order valence-corrected chi connectivity index (χ1v) is 17.4. The predicted octanol–water partition coefficient (Wildman–Crippen LogP) is 11.9. The minimum Gasteiger partial charge on any atom is -0.309 e. The van der Waals surface area contributed by atoms with Gasteiger partial charge >= 0.3 is 0 Å². The summed E-state index contributed by atoms with van der Waals surface area (Å²) in [6.07, 6.45) is 4.09. The van der Waals surface area contributed by atoms with E-state index in [9.17, 15) is 5.26 Å². The lowest BCUT2D eigenvalue weighted by Gasteiger charge is -2.13. The van der Waals surface area contributed by atoms with Crippen LogP contribution in [0.4, 0.5) is 5.69 Å². The summed E-state index contributed by atoms with van der Waals surface area (Å²) in [4.78, 5) is 7.44. The molecule has 4 nitrogen and oxygen atoms in total. The van der Waals surface area contributed by atoms with Gasteiger partial charge in [-0.25, -0.2) is 4.99 Å². The largest absolute Gasteiger partial charge is 0.309 e. The van der Waals surface area contributed by atoms with E-state index in [1.165, 1.54) is 43.9 Å². The zero-order chi connectivity index (χ0) is 33.8. The summed E-state index contributed by atoms with van der Waals surface area (Å²) >= 11 is 1.70. The third-order valence-corrected chi connectivity index (χ3v) is 10.3. The fourth-order valence-electron chi connectivity index (χ4n) is 7.25. The van der Waals surface area contributed by atoms with Crippen molar-refractivity contribution in [3.05, 3.63) is 175 Å². The van der Waals surface area contributed by atoms with E-state index in [2.05, 4.69) is 143 Å². The molecule has 5 heteroatoms. The number of benzene rings is 6. The molecule has 0 unspecified atom stereocenters. The summed E-state index contributed by atoms with van der Waals surface area (Å²) in [5.41, 5.74) is 13.2. The number of fused-ring (bicyclic) bond motifs is 10. The molecule has 1 aliphatic heterocycles. The second kappa shape index (κ2) is 12.0. The highest BCUT2D eigenvalue weighted by Gasteiger charge is 2.34. The van der Waals surface area contributed by atoms with Crippen molar-refractivity contribution in [1.29, 1.82) is 5.26 Å². The lowest BCUT2D eigenvalue weighted by Crippen LogP contribution is -2.06. The van der Waals surface area contributed by atoms with Crippen LogP contribution in [0.2, 0.25) is 0 Å². The van der Waals surface area contributed by atoms with Crippen molar-refractivity contribution in [2.75, 3.05) is 0 Å². The van der Waals surface area contributed by atoms with Gasteiger partial charge in [0, 0.05) is 54.0 Å². The Kier molecular flexibility index (Phi) is 7.12. The molecule has 0 fully saturated rings. The number of nitrogens with zero attached hydrogens (tertiary/aromatic N) is 4. The maximum atomic E-state index is 9.18. The number of hydrogen-bond acceptors (Lipinski definition) is 3. The minimum absolute atomic E-state index is 0.670. The summed E-state index contributed by atoms with van der Waals surface area (Å²) < 4.78 is 4.79. The molecule has 0 saturated carbocycles. The normalized spacial score (nSPS) is 12.5. The first-order valence-electron chi connectivity index (χ1n) is 16.6. The van der Waals surface area contributed by atoms with Crippen LogP contribution in [-0.4, -0.2) is 14.8 Å². The highest BCUT2D eigenvalue weighted by molar-refractivity contribution is 7.99. The van der Waals surface area contributed by atoms with E-state index in [-0.39, 0.29) is 0 Å². The van der Waals surface area contributed by atoms with Gasteiger partial charge in [0.1, 0.15) is 0 Å². The van der Waals surface area contributed by atoms with E-state index in [0.29, 0.717) is 5.56 Å². The van der Waals surface area contributed by atoms with Crippen molar-refractivity contribution in [1.82, 2.24) is 9.13 Å². The smallest absolute Gasteiger partial charge is 0.0991 e. The van der Waals surface area contributed by atoms with Gasteiger partial charge in [-0.3, -0.25) is 0 Å². The quantitative estimate of drug-likeness (QED) is 0.177. The van der Waals surface area contributed by atoms with Crippen molar-refractivity contribution < 1.29 is 0 Å². The third-order valence-electron chi connectivity index (χ3n) is 9.32. The number of allylic oxidation sites excluding steroid dienone is 2. The Hall–Kier alpha value is -6.35. The second-order valence-corrected chi connectivity index (χ2v) is 13.5. The van der Waals surface area contributed by atoms with Gasteiger partial charge in [-0.2, -0.15) is 5.26 Å². The summed E-state index contributed by atoms with van der Waals surface area (Å²) in [6, 6.07) is 51.3. The van der Waals surface area contributed by atoms with Crippen LogP contribution in [0.5, 0.6) is 0 Å². The van der Waals surface area contributed by atoms with Gasteiger partial charge < -0.3 is 9.13 Å². The molecule has 0 amide bonds. The maximum Gasteiger partial charge on any atom is 0.0991 e. The van der Waals surface area contributed by atoms with Crippen molar-refractivity contribution in [2.45, 2.75) is 16.7 Å². The van der Waals surface area contributed by atoms with Crippen molar-refractivity contribution in [3.63, 3.8) is 0 Å². The lowest BCUT2D eigenvalue weighted by atomic mass is 10.0. The fourth-order valence-corrected chi connectivity index (χ4v) is 8.07. The molecule has 0 atom stereocenters. The number of nitriles is 1. The maximum absolute atomic E-state index is 9.18. The SMILES string of the molecule is C=CC.N#Cc1ccc(Sc2ccc(-n3c4c(c5cc6c7ccccc7n(-c7ccccc7)c6cc53)C=C3C4=Nc4ccccc43)cc2)cc1. The average molecular weight is 659 g/mol. The molecule has 0 spiro atoms. The molecular weight excluding hydrogens is 629 g/mol. The van der Waals surface area contributed by atoms with Crippen molar-refractivity contribution in [2.24, 2.45) is 4.99 Å². The summed E-state index contributed by atoms with van der Waals surface area (Å²) in [7, 11) is 0. The van der Waals surface area contributed by atoms with E-state index in [0.717, 1.165) is 43.8 Å². The van der Waals surface area contributed by atoms with Gasteiger partial charge in [0.05, 0.1) is 45.3 Å². The van der Waals surface area contributed by atoms with Crippen LogP contribution in [0, 0.1) is 11.3 Å². The molecular formula is C45H30N4S. The Balaban J connectivity index is 0.00000109. The lowest BCUT2D eigenvalue weighted by molar-refractivity contribution is 1.10. The molecule has 6 aromatic carbocycles. The number of aliphatic imine (C=N–C) groups is 1. The third kappa shape index (κ3) is 4.65. The van der Waals surface area contributed by atoms with Gasteiger partial charge in [0.15, 0.2) is 0 Å². The Morgan fingerprint density at radius 2 is 1.30 bits per heavy atom. The molecule has 2 aromatic heterocycles. The summed E-state index contributed by atoms with van der Waals surface area (Å²) in [5, 5.41) is 12.9. The molecule has 1 aliphatic carbocycles. The van der Waals surface area contributed by atoms with Crippen LogP contribution in [0.25, 0.3) is 55.7 Å². The molecule has 50 heavy (non-hydrogen) atoms. The Labute approximate surface area is 294 Å². The van der Waals surface area contributed by atoms with Crippen LogP contribution in [-0.2, 0) is 0 Å². The zero-order valence-electron chi connectivity index (χ0n) is 27.3. The van der Waals surface area contributed by atoms with Gasteiger partial charge in [-0.1, -0.05) is 72.4 Å². The molecule has 236 valence electrons. The van der Waals surface area contributed by atoms with Crippen LogP contribution in [0.1, 0.15) is 29.3 Å². The molecule has 8 aromatic rings. The molecule has 3 heterocycles. The molecule has 0 saturated heterocycles. The van der Waals surface area contributed by atoms with Gasteiger partial charge in [-0.05, 0) is 97.9 Å². The number of hydrogen-bond donors (Lipinski definition) is 0. The topological polar surface area (TPSA) is 46.0 Å². The number of aromatic nitrogens is 2. The summed E-state index contributed by atoms with van der Waals surface area (Å²) in [6.45, 7) is 5.25. The van der Waals surface area contributed by atoms with Gasteiger partial charge in [0.2, 0.25) is 0 Å². The monoisotopic (exact) mass is 658 g/mol. The van der Waals surface area contributed by atoms with Crippen molar-refractivity contribution in [3.8, 4) is 17.4 Å². The molecule has 0 radical (unpaired) electrons. The minimum atomic E-state index is 0.670. The standard InChI is InChI=1S/C42H24N4S.C3H6/c43-25-26-14-18-29(19-15-26)47-30-20-16-28(17-21-30)46-40-24-39-33(32-11-5-7-13-38(32)45(39)27-8-2-1-3-9-27)22-34(40)36-23-35-31-10-4-6-12-37(31)44-41(35)42(36)46;1-3-2/h1-24H;3H,1H2,2H3. The second-order valence-electron chi connectivity index (χ2n) is 12.3. The highest BCUT2D eigenvalue weighted by atomic mass is 32.2. The number of rotatable bonds is 4. The van der Waals surface area contributed by atoms with Crippen LogP contribution >= 0.6 is 11.8 Å². The molecule has 0 N–H and O–H groups in total. The Morgan fingerprint density at radius 3 is 2.06 bits per heavy atom. The number of para-hydroxylation sites is 3. The van der Waals surface area contributed by atoms with E-state index >= 15 is 0 Å². The Morgan fingerprint density at radius 1 is 0.660 bits per heavy atom. The van der Waals surface area contributed by atoms with Gasteiger partial charge in [-0.15, -0.1) is 6.58 Å². The highest BCUT2D eigenvalue weighted by Crippen LogP contribution is 2.48. The van der Waals surface area contributed by atoms with E-state index in [1.807, 2.05) is 31.2 Å². The van der Waals surface area contributed by atoms with Crippen molar-refractivity contribution >= 4 is 67.5 Å². The molecule has 2 aliphatic rings. The zero-order valence-corrected chi connectivity index (χ0v) is 28.2. The first kappa shape index (κ1) is 29.8. The first-order chi connectivity index (χ1) is 24.7. The van der Waals surface area contributed by atoms with E-state index in [4.69, 9.17) is 4.99 Å². The Bertz CT molecular complexity index is 2740. The predicted molar refractivity (Wildman–Crippen MR) is 209 cm³/mol. The molecule has 0 bridgehead atoms. The fraction of sp³-hybridized carbons (Fsp3) is 0.0222. The summed E-state index contributed by atoms with van der Waals surface area (Å²) in [5.74, 6) is 0. The van der Waals surface area contributed by atoms with Gasteiger partial charge in [0.25, 0.3) is 0 Å². The van der Waals surface area contributed by atoms with Crippen LogP contribution < -0.4 is 0 Å².